The summed E-state index contributed by atoms with van der Waals surface area (Å²) in [5.41, 5.74) is 0.225. The summed E-state index contributed by atoms with van der Waals surface area (Å²) in [5.74, 6) is 0.326. The average molecular weight is 285 g/mol. The van der Waals surface area contributed by atoms with E-state index in [1.807, 2.05) is 0 Å². The first-order chi connectivity index (χ1) is 10.0. The van der Waals surface area contributed by atoms with Crippen LogP contribution in [0.5, 0.6) is 0 Å². The maximum Gasteiger partial charge on any atom is 0.332 e. The number of H-pyrrole nitrogens is 1. The highest BCUT2D eigenvalue weighted by Crippen LogP contribution is 2.15. The van der Waals surface area contributed by atoms with Gasteiger partial charge in [0.25, 0.3) is 5.56 Å². The first-order valence-corrected chi connectivity index (χ1v) is 6.11. The van der Waals surface area contributed by atoms with Crippen molar-refractivity contribution in [3.8, 4) is 11.5 Å². The summed E-state index contributed by atoms with van der Waals surface area (Å²) in [6.07, 6.45) is 0.626. The van der Waals surface area contributed by atoms with Gasteiger partial charge in [-0.05, 0) is 12.1 Å². The normalized spacial score (nSPS) is 11.0. The van der Waals surface area contributed by atoms with E-state index in [2.05, 4.69) is 15.0 Å². The number of aromatic nitrogens is 5. The second-order valence-electron chi connectivity index (χ2n) is 4.56. The van der Waals surface area contributed by atoms with Crippen molar-refractivity contribution in [3.63, 3.8) is 0 Å². The van der Waals surface area contributed by atoms with Crippen LogP contribution in [0, 0.1) is 0 Å². The van der Waals surface area contributed by atoms with Gasteiger partial charge in [-0.1, -0.05) is 6.07 Å². The van der Waals surface area contributed by atoms with Crippen LogP contribution in [-0.4, -0.2) is 30.4 Å². The molecule has 3 aromatic rings. The van der Waals surface area contributed by atoms with Gasteiger partial charge in [0.1, 0.15) is 16.9 Å². The highest BCUT2D eigenvalue weighted by molar-refractivity contribution is 5.76. The molecule has 0 aliphatic carbocycles. The number of rotatable bonds is 2. The van der Waals surface area contributed by atoms with Gasteiger partial charge in [0, 0.05) is 14.1 Å². The third kappa shape index (κ3) is 1.88. The molecule has 8 nitrogen and oxygen atoms in total. The van der Waals surface area contributed by atoms with E-state index in [0.29, 0.717) is 17.8 Å². The summed E-state index contributed by atoms with van der Waals surface area (Å²) in [6, 6.07) is 4.89. The summed E-state index contributed by atoms with van der Waals surface area (Å²) in [7, 11) is 2.93. The largest absolute Gasteiger partial charge is 0.332 e. The number of pyridine rings is 1. The number of carbonyl (C=O) groups is 1. The van der Waals surface area contributed by atoms with Gasteiger partial charge < -0.3 is 4.98 Å². The van der Waals surface area contributed by atoms with Crippen molar-refractivity contribution >= 4 is 17.5 Å². The Morgan fingerprint density at radius 3 is 2.62 bits per heavy atom. The molecule has 0 radical (unpaired) electrons. The highest BCUT2D eigenvalue weighted by atomic mass is 16.2. The summed E-state index contributed by atoms with van der Waals surface area (Å²) >= 11 is 0. The summed E-state index contributed by atoms with van der Waals surface area (Å²) in [5, 5.41) is 0. The second kappa shape index (κ2) is 4.51. The Hall–Kier alpha value is -3.03. The zero-order valence-corrected chi connectivity index (χ0v) is 11.3. The maximum atomic E-state index is 12.1. The minimum atomic E-state index is -0.460. The van der Waals surface area contributed by atoms with Gasteiger partial charge in [0.15, 0.2) is 17.8 Å². The first-order valence-electron chi connectivity index (χ1n) is 6.11. The van der Waals surface area contributed by atoms with Crippen LogP contribution in [0.25, 0.3) is 22.7 Å². The molecule has 8 heteroatoms. The van der Waals surface area contributed by atoms with E-state index >= 15 is 0 Å². The minimum absolute atomic E-state index is 0.216. The molecule has 0 spiro atoms. The number of imidazole rings is 1. The quantitative estimate of drug-likeness (QED) is 0.659. The molecule has 0 atom stereocenters. The predicted molar refractivity (Wildman–Crippen MR) is 75.2 cm³/mol. The van der Waals surface area contributed by atoms with Crippen LogP contribution in [0.1, 0.15) is 10.5 Å². The molecule has 0 aliphatic rings. The number of nitrogens with zero attached hydrogens (tertiary/aromatic N) is 4. The van der Waals surface area contributed by atoms with Gasteiger partial charge >= 0.3 is 5.69 Å². The zero-order chi connectivity index (χ0) is 15.1. The third-order valence-electron chi connectivity index (χ3n) is 3.23. The van der Waals surface area contributed by atoms with E-state index in [1.54, 1.807) is 18.2 Å². The van der Waals surface area contributed by atoms with Gasteiger partial charge in [-0.2, -0.15) is 0 Å². The number of aldehydes is 1. The Morgan fingerprint density at radius 1 is 1.14 bits per heavy atom. The molecule has 3 heterocycles. The molecule has 106 valence electrons. The molecule has 0 unspecified atom stereocenters. The molecule has 0 bridgehead atoms. The van der Waals surface area contributed by atoms with Crippen LogP contribution in [0.2, 0.25) is 0 Å². The smallest absolute Gasteiger partial charge is 0.331 e. The SMILES string of the molecule is Cn1c(=O)c2[nH]c(-c3cccc(C=O)n3)nc2n(C)c1=O. The molecule has 0 aromatic carbocycles. The fourth-order valence-electron chi connectivity index (χ4n) is 2.10. The van der Waals surface area contributed by atoms with E-state index in [-0.39, 0.29) is 16.9 Å². The fourth-order valence-corrected chi connectivity index (χ4v) is 2.10. The number of fused-ring (bicyclic) bond motifs is 1. The monoisotopic (exact) mass is 285 g/mol. The molecular formula is C13H11N5O3. The number of hydrogen-bond acceptors (Lipinski definition) is 5. The maximum absolute atomic E-state index is 12.1. The molecule has 1 N–H and O–H groups in total. The molecule has 0 fully saturated rings. The van der Waals surface area contributed by atoms with Crippen molar-refractivity contribution in [2.75, 3.05) is 0 Å². The van der Waals surface area contributed by atoms with E-state index in [1.165, 1.54) is 18.7 Å². The number of carbonyl (C=O) groups excluding carboxylic acids is 1. The number of aromatic amines is 1. The minimum Gasteiger partial charge on any atom is -0.331 e. The molecule has 3 aromatic heterocycles. The Kier molecular flexibility index (Phi) is 2.79. The van der Waals surface area contributed by atoms with Crippen LogP contribution in [0.3, 0.4) is 0 Å². The van der Waals surface area contributed by atoms with Crippen molar-refractivity contribution < 1.29 is 4.79 Å². The summed E-state index contributed by atoms with van der Waals surface area (Å²) in [4.78, 5) is 45.9. The fraction of sp³-hybridized carbons (Fsp3) is 0.154. The molecule has 21 heavy (non-hydrogen) atoms. The number of nitrogens with one attached hydrogen (secondary N) is 1. The zero-order valence-electron chi connectivity index (χ0n) is 11.3. The standard InChI is InChI=1S/C13H11N5O3/c1-17-11-9(12(20)18(2)13(17)21)15-10(16-11)8-5-3-4-7(6-19)14-8/h3-6H,1-2H3,(H,15,16). The van der Waals surface area contributed by atoms with E-state index in [0.717, 1.165) is 4.57 Å². The van der Waals surface area contributed by atoms with E-state index in [9.17, 15) is 14.4 Å². The molecule has 0 saturated heterocycles. The lowest BCUT2D eigenvalue weighted by Crippen LogP contribution is -2.36. The number of hydrogen-bond donors (Lipinski definition) is 1. The lowest BCUT2D eigenvalue weighted by Gasteiger charge is -2.00. The van der Waals surface area contributed by atoms with Gasteiger partial charge in [0.05, 0.1) is 0 Å². The van der Waals surface area contributed by atoms with Gasteiger partial charge in [-0.25, -0.2) is 14.8 Å². The van der Waals surface area contributed by atoms with Crippen molar-refractivity contribution in [2.24, 2.45) is 14.1 Å². The third-order valence-corrected chi connectivity index (χ3v) is 3.23. The Bertz CT molecular complexity index is 980. The van der Waals surface area contributed by atoms with Crippen molar-refractivity contribution in [1.29, 1.82) is 0 Å². The Balaban J connectivity index is 2.34. The van der Waals surface area contributed by atoms with Crippen LogP contribution >= 0.6 is 0 Å². The number of aryl methyl sites for hydroxylation is 1. The van der Waals surface area contributed by atoms with Crippen molar-refractivity contribution in [1.82, 2.24) is 24.1 Å². The van der Waals surface area contributed by atoms with Gasteiger partial charge in [-0.3, -0.25) is 18.7 Å². The molecule has 3 rings (SSSR count). The lowest BCUT2D eigenvalue weighted by atomic mass is 10.3. The Labute approximate surface area is 117 Å². The lowest BCUT2D eigenvalue weighted by molar-refractivity contribution is 0.111. The topological polar surface area (TPSA) is 103 Å². The van der Waals surface area contributed by atoms with Crippen molar-refractivity contribution in [2.45, 2.75) is 0 Å². The second-order valence-corrected chi connectivity index (χ2v) is 4.56. The van der Waals surface area contributed by atoms with Crippen molar-refractivity contribution in [3.05, 3.63) is 44.7 Å². The van der Waals surface area contributed by atoms with Gasteiger partial charge in [0.2, 0.25) is 0 Å². The van der Waals surface area contributed by atoms with E-state index < -0.39 is 11.2 Å². The van der Waals surface area contributed by atoms with Crippen LogP contribution < -0.4 is 11.2 Å². The molecule has 0 aliphatic heterocycles. The van der Waals surface area contributed by atoms with Gasteiger partial charge in [-0.15, -0.1) is 0 Å². The summed E-state index contributed by atoms with van der Waals surface area (Å²) in [6.45, 7) is 0. The van der Waals surface area contributed by atoms with Crippen LogP contribution in [-0.2, 0) is 14.1 Å². The first kappa shape index (κ1) is 13.0. The molecule has 0 saturated carbocycles. The van der Waals surface area contributed by atoms with E-state index in [4.69, 9.17) is 0 Å². The van der Waals surface area contributed by atoms with Crippen LogP contribution in [0.4, 0.5) is 0 Å². The molecule has 0 amide bonds. The van der Waals surface area contributed by atoms with Crippen LogP contribution in [0.15, 0.2) is 27.8 Å². The summed E-state index contributed by atoms with van der Waals surface area (Å²) < 4.78 is 2.28. The predicted octanol–water partition coefficient (Wildman–Crippen LogP) is -0.165. The Morgan fingerprint density at radius 2 is 1.90 bits per heavy atom. The molecular weight excluding hydrogens is 274 g/mol. The highest BCUT2D eigenvalue weighted by Gasteiger charge is 2.14. The average Bonchev–Trinajstić information content (AvgIpc) is 2.96.